The van der Waals surface area contributed by atoms with Crippen LogP contribution in [0.15, 0.2) is 67.1 Å². The highest BCUT2D eigenvalue weighted by Gasteiger charge is 2.07. The van der Waals surface area contributed by atoms with E-state index in [2.05, 4.69) is 20.6 Å². The Kier molecular flexibility index (Phi) is 6.78. The minimum atomic E-state index is -0.156. The number of carbonyl (C=O) groups excluding carboxylic acids is 1. The molecule has 7 nitrogen and oxygen atoms in total. The highest BCUT2D eigenvalue weighted by Crippen LogP contribution is 2.16. The molecular weight excluding hydrogens is 356 g/mol. The Bertz CT molecular complexity index is 886. The smallest absolute Gasteiger partial charge is 0.251 e. The van der Waals surface area contributed by atoms with Crippen LogP contribution in [0.25, 0.3) is 0 Å². The van der Waals surface area contributed by atoms with Crippen LogP contribution in [0.1, 0.15) is 15.9 Å². The van der Waals surface area contributed by atoms with Gasteiger partial charge in [0.05, 0.1) is 13.7 Å². The van der Waals surface area contributed by atoms with Crippen LogP contribution < -0.4 is 20.1 Å². The zero-order valence-corrected chi connectivity index (χ0v) is 15.6. The number of carbonyl (C=O) groups is 1. The second-order valence-electron chi connectivity index (χ2n) is 5.92. The summed E-state index contributed by atoms with van der Waals surface area (Å²) in [4.78, 5) is 20.5. The first-order chi connectivity index (χ1) is 13.7. The second-order valence-corrected chi connectivity index (χ2v) is 5.92. The summed E-state index contributed by atoms with van der Waals surface area (Å²) in [5, 5.41) is 6.04. The third-order valence-electron chi connectivity index (χ3n) is 3.96. The van der Waals surface area contributed by atoms with E-state index in [0.29, 0.717) is 31.1 Å². The normalized spacial score (nSPS) is 10.2. The van der Waals surface area contributed by atoms with Crippen LogP contribution in [0.4, 0.5) is 5.82 Å². The van der Waals surface area contributed by atoms with Crippen LogP contribution in [-0.4, -0.2) is 36.1 Å². The van der Waals surface area contributed by atoms with Crippen molar-refractivity contribution in [3.63, 3.8) is 0 Å². The van der Waals surface area contributed by atoms with Gasteiger partial charge in [0, 0.05) is 30.7 Å². The van der Waals surface area contributed by atoms with Crippen LogP contribution in [0.3, 0.4) is 0 Å². The minimum Gasteiger partial charge on any atom is -0.497 e. The molecule has 7 heteroatoms. The number of nitrogens with one attached hydrogen (secondary N) is 2. The standard InChI is InChI=1S/C21H22N4O3/c1-27-18-2-4-19(5-3-18)28-13-12-24-20-14-17(8-11-23-20)21(26)25-15-16-6-9-22-10-7-16/h2-11,14H,12-13,15H2,1H3,(H,23,24)(H,25,26). The maximum atomic E-state index is 12.3. The van der Waals surface area contributed by atoms with Gasteiger partial charge >= 0.3 is 0 Å². The van der Waals surface area contributed by atoms with Crippen molar-refractivity contribution in [2.75, 3.05) is 25.6 Å². The van der Waals surface area contributed by atoms with Gasteiger partial charge in [0.2, 0.25) is 0 Å². The summed E-state index contributed by atoms with van der Waals surface area (Å²) in [6, 6.07) is 14.5. The molecule has 0 unspecified atom stereocenters. The first-order valence-corrected chi connectivity index (χ1v) is 8.88. The summed E-state index contributed by atoms with van der Waals surface area (Å²) in [7, 11) is 1.63. The maximum absolute atomic E-state index is 12.3. The van der Waals surface area contributed by atoms with E-state index in [9.17, 15) is 4.79 Å². The number of rotatable bonds is 9. The molecule has 2 aromatic heterocycles. The van der Waals surface area contributed by atoms with Crippen molar-refractivity contribution in [3.8, 4) is 11.5 Å². The van der Waals surface area contributed by atoms with Crippen LogP contribution in [0, 0.1) is 0 Å². The number of aromatic nitrogens is 2. The summed E-state index contributed by atoms with van der Waals surface area (Å²) in [6.45, 7) is 1.47. The number of pyridine rings is 2. The van der Waals surface area contributed by atoms with E-state index in [1.807, 2.05) is 36.4 Å². The molecule has 0 aliphatic rings. The van der Waals surface area contributed by atoms with Crippen LogP contribution in [-0.2, 0) is 6.54 Å². The lowest BCUT2D eigenvalue weighted by Gasteiger charge is -2.10. The molecule has 144 valence electrons. The Morgan fingerprint density at radius 2 is 1.75 bits per heavy atom. The van der Waals surface area contributed by atoms with E-state index in [0.717, 1.165) is 17.1 Å². The van der Waals surface area contributed by atoms with E-state index >= 15 is 0 Å². The Morgan fingerprint density at radius 1 is 1.00 bits per heavy atom. The molecule has 3 aromatic rings. The highest BCUT2D eigenvalue weighted by atomic mass is 16.5. The third kappa shape index (κ3) is 5.70. The lowest BCUT2D eigenvalue weighted by Crippen LogP contribution is -2.23. The molecular formula is C21H22N4O3. The molecule has 0 radical (unpaired) electrons. The van der Waals surface area contributed by atoms with Crippen LogP contribution in [0.5, 0.6) is 11.5 Å². The van der Waals surface area contributed by atoms with Crippen molar-refractivity contribution in [2.45, 2.75) is 6.54 Å². The number of hydrogen-bond donors (Lipinski definition) is 2. The molecule has 2 N–H and O–H groups in total. The Balaban J connectivity index is 1.45. The van der Waals surface area contributed by atoms with Gasteiger partial charge in [0.25, 0.3) is 5.91 Å². The molecule has 0 aliphatic heterocycles. The Morgan fingerprint density at radius 3 is 2.50 bits per heavy atom. The maximum Gasteiger partial charge on any atom is 0.251 e. The number of amides is 1. The lowest BCUT2D eigenvalue weighted by atomic mass is 10.2. The fourth-order valence-corrected chi connectivity index (χ4v) is 2.47. The first-order valence-electron chi connectivity index (χ1n) is 8.88. The molecule has 0 aliphatic carbocycles. The predicted molar refractivity (Wildman–Crippen MR) is 107 cm³/mol. The number of hydrogen-bond acceptors (Lipinski definition) is 6. The number of nitrogens with zero attached hydrogens (tertiary/aromatic N) is 2. The molecule has 28 heavy (non-hydrogen) atoms. The van der Waals surface area contributed by atoms with Gasteiger partial charge in [-0.05, 0) is 54.1 Å². The van der Waals surface area contributed by atoms with E-state index in [4.69, 9.17) is 9.47 Å². The van der Waals surface area contributed by atoms with Gasteiger partial charge in [-0.15, -0.1) is 0 Å². The largest absolute Gasteiger partial charge is 0.497 e. The molecule has 1 aromatic carbocycles. The second kappa shape index (κ2) is 9.91. The summed E-state index contributed by atoms with van der Waals surface area (Å²) in [6.07, 6.45) is 5.00. The highest BCUT2D eigenvalue weighted by molar-refractivity contribution is 5.94. The van der Waals surface area contributed by atoms with Crippen molar-refractivity contribution in [3.05, 3.63) is 78.2 Å². The lowest BCUT2D eigenvalue weighted by molar-refractivity contribution is 0.0951. The Labute approximate surface area is 163 Å². The van der Waals surface area contributed by atoms with Crippen molar-refractivity contribution >= 4 is 11.7 Å². The number of methoxy groups -OCH3 is 1. The summed E-state index contributed by atoms with van der Waals surface area (Å²) >= 11 is 0. The molecule has 0 atom stereocenters. The molecule has 0 saturated heterocycles. The van der Waals surface area contributed by atoms with Gasteiger partial charge in [-0.1, -0.05) is 0 Å². The third-order valence-corrected chi connectivity index (χ3v) is 3.96. The van der Waals surface area contributed by atoms with E-state index < -0.39 is 0 Å². The minimum absolute atomic E-state index is 0.156. The zero-order chi connectivity index (χ0) is 19.6. The topological polar surface area (TPSA) is 85.4 Å². The van der Waals surface area contributed by atoms with Crippen molar-refractivity contribution < 1.29 is 14.3 Å². The average molecular weight is 378 g/mol. The van der Waals surface area contributed by atoms with Gasteiger partial charge in [-0.3, -0.25) is 9.78 Å². The van der Waals surface area contributed by atoms with Crippen molar-refractivity contribution in [1.82, 2.24) is 15.3 Å². The fraction of sp³-hybridized carbons (Fsp3) is 0.190. The molecule has 2 heterocycles. The predicted octanol–water partition coefficient (Wildman–Crippen LogP) is 2.91. The zero-order valence-electron chi connectivity index (χ0n) is 15.6. The molecule has 0 saturated carbocycles. The number of ether oxygens (including phenoxy) is 2. The van der Waals surface area contributed by atoms with Crippen LogP contribution >= 0.6 is 0 Å². The average Bonchev–Trinajstić information content (AvgIpc) is 2.76. The van der Waals surface area contributed by atoms with Crippen molar-refractivity contribution in [2.24, 2.45) is 0 Å². The van der Waals surface area contributed by atoms with E-state index in [1.54, 1.807) is 37.8 Å². The molecule has 0 fully saturated rings. The first kappa shape index (κ1) is 19.2. The molecule has 0 spiro atoms. The molecule has 1 amide bonds. The number of anilines is 1. The quantitative estimate of drug-likeness (QED) is 0.557. The van der Waals surface area contributed by atoms with E-state index in [-0.39, 0.29) is 5.91 Å². The van der Waals surface area contributed by atoms with Crippen LogP contribution in [0.2, 0.25) is 0 Å². The summed E-state index contributed by atoms with van der Waals surface area (Å²) < 4.78 is 10.8. The fourth-order valence-electron chi connectivity index (χ4n) is 2.47. The van der Waals surface area contributed by atoms with Gasteiger partial charge in [0.15, 0.2) is 0 Å². The monoisotopic (exact) mass is 378 g/mol. The van der Waals surface area contributed by atoms with Gasteiger partial charge < -0.3 is 20.1 Å². The number of benzene rings is 1. The molecule has 3 rings (SSSR count). The SMILES string of the molecule is COc1ccc(OCCNc2cc(C(=O)NCc3ccncc3)ccn2)cc1. The Hall–Kier alpha value is -3.61. The summed E-state index contributed by atoms with van der Waals surface area (Å²) in [5.41, 5.74) is 1.54. The molecule has 0 bridgehead atoms. The van der Waals surface area contributed by atoms with Gasteiger partial charge in [-0.2, -0.15) is 0 Å². The summed E-state index contributed by atoms with van der Waals surface area (Å²) in [5.74, 6) is 2.01. The van der Waals surface area contributed by atoms with Gasteiger partial charge in [0.1, 0.15) is 23.9 Å². The van der Waals surface area contributed by atoms with E-state index in [1.165, 1.54) is 0 Å². The van der Waals surface area contributed by atoms with Crippen molar-refractivity contribution in [1.29, 1.82) is 0 Å². The van der Waals surface area contributed by atoms with Gasteiger partial charge in [-0.25, -0.2) is 4.98 Å².